The predicted octanol–water partition coefficient (Wildman–Crippen LogP) is 5.55. The Morgan fingerprint density at radius 2 is 1.83 bits per heavy atom. The Bertz CT molecular complexity index is 1380. The van der Waals surface area contributed by atoms with Crippen LogP contribution >= 0.6 is 0 Å². The molecule has 2 saturated carbocycles. The standard InChI is InChI=1S/C26H26N6O3/c1-15(16-2-3-16)34-26(33)31-18-6-4-17(5-7-18)24-23(27)21-11-10-20(35-25-29-13-28-14-30-25)12-22(21)32(24)19-8-9-19/h4-7,10-16,19H,2-3,8-9,27H2,1H3,(H,31,33). The van der Waals surface area contributed by atoms with E-state index in [4.69, 9.17) is 15.2 Å². The molecule has 1 unspecified atom stereocenters. The van der Waals surface area contributed by atoms with Gasteiger partial charge in [0.25, 0.3) is 0 Å². The molecule has 178 valence electrons. The summed E-state index contributed by atoms with van der Waals surface area (Å²) in [6, 6.07) is 14.1. The van der Waals surface area contributed by atoms with E-state index < -0.39 is 6.09 Å². The summed E-state index contributed by atoms with van der Waals surface area (Å²) in [4.78, 5) is 24.1. The SMILES string of the molecule is CC(OC(=O)Nc1ccc(-c2c(N)c3ccc(Oc4ncncn4)cc3n2C2CC2)cc1)C1CC1. The summed E-state index contributed by atoms with van der Waals surface area (Å²) >= 11 is 0. The van der Waals surface area contributed by atoms with E-state index in [-0.39, 0.29) is 12.1 Å². The van der Waals surface area contributed by atoms with E-state index in [1.165, 1.54) is 12.7 Å². The lowest BCUT2D eigenvalue weighted by Gasteiger charge is -2.14. The average molecular weight is 471 g/mol. The Morgan fingerprint density at radius 3 is 2.51 bits per heavy atom. The van der Waals surface area contributed by atoms with Gasteiger partial charge in [-0.25, -0.2) is 9.78 Å². The van der Waals surface area contributed by atoms with Gasteiger partial charge in [0.2, 0.25) is 0 Å². The van der Waals surface area contributed by atoms with E-state index in [9.17, 15) is 4.79 Å². The van der Waals surface area contributed by atoms with Gasteiger partial charge in [-0.1, -0.05) is 12.1 Å². The van der Waals surface area contributed by atoms with Crippen LogP contribution in [0.15, 0.2) is 55.1 Å². The quantitative estimate of drug-likeness (QED) is 0.364. The van der Waals surface area contributed by atoms with Crippen LogP contribution in [-0.2, 0) is 4.74 Å². The van der Waals surface area contributed by atoms with Gasteiger partial charge in [-0.2, -0.15) is 9.97 Å². The number of nitrogens with zero attached hydrogens (tertiary/aromatic N) is 4. The van der Waals surface area contributed by atoms with Crippen LogP contribution in [0, 0.1) is 5.92 Å². The molecule has 2 aromatic heterocycles. The molecule has 0 spiro atoms. The van der Waals surface area contributed by atoms with E-state index in [2.05, 4.69) is 24.8 Å². The minimum Gasteiger partial charge on any atom is -0.446 e. The van der Waals surface area contributed by atoms with E-state index in [1.807, 2.05) is 49.4 Å². The molecule has 0 aliphatic heterocycles. The Labute approximate surface area is 202 Å². The van der Waals surface area contributed by atoms with Crippen molar-refractivity contribution in [2.45, 2.75) is 44.8 Å². The molecule has 9 heteroatoms. The number of carbonyl (C=O) groups is 1. The van der Waals surface area contributed by atoms with Gasteiger partial charge < -0.3 is 19.8 Å². The van der Waals surface area contributed by atoms with Gasteiger partial charge in [0.1, 0.15) is 24.5 Å². The summed E-state index contributed by atoms with van der Waals surface area (Å²) in [6.45, 7) is 1.94. The van der Waals surface area contributed by atoms with Crippen molar-refractivity contribution < 1.29 is 14.3 Å². The first-order valence-electron chi connectivity index (χ1n) is 11.9. The van der Waals surface area contributed by atoms with Gasteiger partial charge in [-0.15, -0.1) is 0 Å². The van der Waals surface area contributed by atoms with Crippen molar-refractivity contribution in [1.82, 2.24) is 19.5 Å². The van der Waals surface area contributed by atoms with Crippen LogP contribution in [0.2, 0.25) is 0 Å². The van der Waals surface area contributed by atoms with E-state index >= 15 is 0 Å². The first kappa shape index (κ1) is 21.4. The molecular weight excluding hydrogens is 444 g/mol. The number of carbonyl (C=O) groups excluding carboxylic acids is 1. The monoisotopic (exact) mass is 470 g/mol. The zero-order valence-corrected chi connectivity index (χ0v) is 19.3. The summed E-state index contributed by atoms with van der Waals surface area (Å²) in [7, 11) is 0. The van der Waals surface area contributed by atoms with Gasteiger partial charge in [0.15, 0.2) is 0 Å². The van der Waals surface area contributed by atoms with Crippen molar-refractivity contribution in [3.8, 4) is 23.0 Å². The first-order valence-corrected chi connectivity index (χ1v) is 11.9. The smallest absolute Gasteiger partial charge is 0.411 e. The maximum Gasteiger partial charge on any atom is 0.411 e. The molecule has 9 nitrogen and oxygen atoms in total. The van der Waals surface area contributed by atoms with Gasteiger partial charge >= 0.3 is 12.1 Å². The summed E-state index contributed by atoms with van der Waals surface area (Å²) < 4.78 is 13.6. The number of aromatic nitrogens is 4. The molecule has 3 N–H and O–H groups in total. The van der Waals surface area contributed by atoms with Crippen LogP contribution in [0.4, 0.5) is 16.2 Å². The highest BCUT2D eigenvalue weighted by Gasteiger charge is 2.31. The van der Waals surface area contributed by atoms with E-state index in [0.29, 0.717) is 23.4 Å². The Hall–Kier alpha value is -4.14. The maximum atomic E-state index is 12.2. The van der Waals surface area contributed by atoms with Crippen LogP contribution in [0.1, 0.15) is 38.6 Å². The lowest BCUT2D eigenvalue weighted by atomic mass is 10.1. The van der Waals surface area contributed by atoms with Crippen molar-refractivity contribution in [3.05, 3.63) is 55.1 Å². The highest BCUT2D eigenvalue weighted by atomic mass is 16.6. The molecule has 0 radical (unpaired) electrons. The molecule has 0 bridgehead atoms. The molecule has 2 fully saturated rings. The number of anilines is 2. The average Bonchev–Trinajstić information content (AvgIpc) is 3.78. The molecule has 2 aliphatic carbocycles. The number of nitrogens with one attached hydrogen (secondary N) is 1. The molecule has 0 saturated heterocycles. The van der Waals surface area contributed by atoms with Crippen LogP contribution in [0.5, 0.6) is 11.8 Å². The fraction of sp³-hybridized carbons (Fsp3) is 0.308. The largest absolute Gasteiger partial charge is 0.446 e. The highest BCUT2D eigenvalue weighted by Crippen LogP contribution is 2.47. The topological polar surface area (TPSA) is 117 Å². The molecular formula is C26H26N6O3. The maximum absolute atomic E-state index is 12.2. The van der Waals surface area contributed by atoms with Gasteiger partial charge in [0, 0.05) is 28.7 Å². The second-order valence-electron chi connectivity index (χ2n) is 9.22. The normalized spacial score (nSPS) is 16.1. The minimum atomic E-state index is -0.422. The fourth-order valence-corrected chi connectivity index (χ4v) is 4.46. The van der Waals surface area contributed by atoms with Crippen molar-refractivity contribution >= 4 is 28.4 Å². The number of hydrogen-bond donors (Lipinski definition) is 2. The molecule has 4 aromatic rings. The third kappa shape index (κ3) is 4.37. The molecule has 1 atom stereocenters. The fourth-order valence-electron chi connectivity index (χ4n) is 4.46. The summed E-state index contributed by atoms with van der Waals surface area (Å²) in [6.07, 6.45) is 6.77. The van der Waals surface area contributed by atoms with Crippen LogP contribution in [0.3, 0.4) is 0 Å². The second-order valence-corrected chi connectivity index (χ2v) is 9.22. The number of amides is 1. The Balaban J connectivity index is 1.29. The summed E-state index contributed by atoms with van der Waals surface area (Å²) in [5, 5.41) is 3.79. The third-order valence-corrected chi connectivity index (χ3v) is 6.59. The first-order chi connectivity index (χ1) is 17.1. The second kappa shape index (κ2) is 8.57. The zero-order chi connectivity index (χ0) is 23.9. The van der Waals surface area contributed by atoms with Crippen molar-refractivity contribution in [2.24, 2.45) is 5.92 Å². The number of ether oxygens (including phenoxy) is 2. The number of nitrogens with two attached hydrogens (primary N) is 1. The molecule has 1 amide bonds. The van der Waals surface area contributed by atoms with Gasteiger partial charge in [-0.3, -0.25) is 5.32 Å². The number of benzene rings is 2. The van der Waals surface area contributed by atoms with Crippen molar-refractivity contribution in [3.63, 3.8) is 0 Å². The van der Waals surface area contributed by atoms with Gasteiger partial charge in [0.05, 0.1) is 16.9 Å². The van der Waals surface area contributed by atoms with Gasteiger partial charge in [-0.05, 0) is 62.8 Å². The molecule has 2 aromatic carbocycles. The Kier molecular flexibility index (Phi) is 5.24. The van der Waals surface area contributed by atoms with Crippen LogP contribution in [0.25, 0.3) is 22.2 Å². The molecule has 2 aliphatic rings. The summed E-state index contributed by atoms with van der Waals surface area (Å²) in [5.74, 6) is 1.13. The van der Waals surface area contributed by atoms with Crippen molar-refractivity contribution in [1.29, 1.82) is 0 Å². The molecule has 35 heavy (non-hydrogen) atoms. The third-order valence-electron chi connectivity index (χ3n) is 6.59. The zero-order valence-electron chi connectivity index (χ0n) is 19.3. The molecule has 6 rings (SSSR count). The number of nitrogen functional groups attached to an aromatic ring is 1. The van der Waals surface area contributed by atoms with Crippen molar-refractivity contribution in [2.75, 3.05) is 11.1 Å². The Morgan fingerprint density at radius 1 is 1.09 bits per heavy atom. The van der Waals surface area contributed by atoms with Crippen LogP contribution < -0.4 is 15.8 Å². The van der Waals surface area contributed by atoms with E-state index in [1.54, 1.807) is 0 Å². The number of rotatable bonds is 7. The lowest BCUT2D eigenvalue weighted by molar-refractivity contribution is 0.108. The van der Waals surface area contributed by atoms with Crippen LogP contribution in [-0.4, -0.2) is 31.7 Å². The minimum absolute atomic E-state index is 0.0534. The number of fused-ring (bicyclic) bond motifs is 1. The highest BCUT2D eigenvalue weighted by molar-refractivity contribution is 6.02. The number of hydrogen-bond acceptors (Lipinski definition) is 7. The summed E-state index contributed by atoms with van der Waals surface area (Å²) in [5.41, 5.74) is 11.0. The predicted molar refractivity (Wildman–Crippen MR) is 132 cm³/mol. The van der Waals surface area contributed by atoms with E-state index in [0.717, 1.165) is 53.5 Å². The molecule has 2 heterocycles. The lowest BCUT2D eigenvalue weighted by Crippen LogP contribution is -2.21.